The molecule has 358 valence electrons. The fourth-order valence-corrected chi connectivity index (χ4v) is 6.38. The predicted molar refractivity (Wildman–Crippen MR) is 278 cm³/mol. The summed E-state index contributed by atoms with van der Waals surface area (Å²) < 4.78 is 10.7. The van der Waals surface area contributed by atoms with Crippen LogP contribution < -0.4 is 0 Å². The topological polar surface area (TPSA) is 72.8 Å². The average Bonchev–Trinajstić information content (AvgIpc) is 3.30. The first-order valence-corrected chi connectivity index (χ1v) is 25.4. The minimum absolute atomic E-state index is 0.0908. The standard InChI is InChI=1S/C59H92O5/c1-3-5-7-9-11-13-15-17-19-21-23-25-27-29-31-33-35-37-39-41-43-45-47-49-51-53-58(61)63-56-57(55-60)64-59(62)54-52-50-48-46-44-42-40-38-36-34-32-30-28-26-24-22-20-18-16-14-12-10-8-6-4-2/h5-8,11-14,17-20,23-26,29-32,35-38,57,60H,3-4,9-10,15-16,21-22,27-28,33-34,39-56H2,1-2H3/b7-5-,8-6-,13-11-,14-12-,19-17-,20-18-,25-23-,26-24-,31-29-,32-30-,37-35-,38-36-. The number of ether oxygens (including phenoxy) is 2. The molecule has 0 amide bonds. The van der Waals surface area contributed by atoms with E-state index >= 15 is 0 Å². The average molecular weight is 881 g/mol. The van der Waals surface area contributed by atoms with E-state index in [0.717, 1.165) is 135 Å². The number of aliphatic hydroxyl groups is 1. The molecule has 1 N–H and O–H groups in total. The van der Waals surface area contributed by atoms with Gasteiger partial charge in [-0.25, -0.2) is 0 Å². The molecule has 0 aliphatic rings. The fourth-order valence-electron chi connectivity index (χ4n) is 6.38. The van der Waals surface area contributed by atoms with Gasteiger partial charge in [0.05, 0.1) is 6.61 Å². The summed E-state index contributed by atoms with van der Waals surface area (Å²) in [5.74, 6) is -0.637. The lowest BCUT2D eigenvalue weighted by atomic mass is 10.1. The van der Waals surface area contributed by atoms with Crippen LogP contribution >= 0.6 is 0 Å². The van der Waals surface area contributed by atoms with Crippen LogP contribution in [0.3, 0.4) is 0 Å². The van der Waals surface area contributed by atoms with Gasteiger partial charge < -0.3 is 14.6 Å². The van der Waals surface area contributed by atoms with E-state index in [9.17, 15) is 14.7 Å². The van der Waals surface area contributed by atoms with Crippen molar-refractivity contribution in [1.29, 1.82) is 0 Å². The Bertz CT molecular complexity index is 1410. The molecular formula is C59H92O5. The lowest BCUT2D eigenvalue weighted by molar-refractivity contribution is -0.161. The molecule has 0 heterocycles. The minimum Gasteiger partial charge on any atom is -0.462 e. The van der Waals surface area contributed by atoms with Crippen LogP contribution in [0.5, 0.6) is 0 Å². The van der Waals surface area contributed by atoms with Crippen LogP contribution in [0.2, 0.25) is 0 Å². The molecule has 1 unspecified atom stereocenters. The van der Waals surface area contributed by atoms with Gasteiger partial charge in [-0.3, -0.25) is 9.59 Å². The number of allylic oxidation sites excluding steroid dienone is 24. The number of carbonyl (C=O) groups excluding carboxylic acids is 2. The molecule has 1 atom stereocenters. The zero-order valence-electron chi connectivity index (χ0n) is 40.7. The van der Waals surface area contributed by atoms with Crippen molar-refractivity contribution in [2.75, 3.05) is 13.2 Å². The second-order valence-electron chi connectivity index (χ2n) is 16.1. The third-order valence-electron chi connectivity index (χ3n) is 10.1. The second-order valence-corrected chi connectivity index (χ2v) is 16.1. The lowest BCUT2D eigenvalue weighted by Gasteiger charge is -2.15. The van der Waals surface area contributed by atoms with E-state index in [1.54, 1.807) is 0 Å². The Labute approximate surface area is 393 Å². The van der Waals surface area contributed by atoms with Crippen molar-refractivity contribution in [2.24, 2.45) is 0 Å². The summed E-state index contributed by atoms with van der Waals surface area (Å²) >= 11 is 0. The van der Waals surface area contributed by atoms with Gasteiger partial charge in [0.15, 0.2) is 6.10 Å². The van der Waals surface area contributed by atoms with Crippen molar-refractivity contribution >= 4 is 11.9 Å². The quantitative estimate of drug-likeness (QED) is 0.0375. The molecule has 64 heavy (non-hydrogen) atoms. The van der Waals surface area contributed by atoms with Crippen molar-refractivity contribution in [2.45, 2.75) is 200 Å². The molecule has 5 nitrogen and oxygen atoms in total. The van der Waals surface area contributed by atoms with Crippen LogP contribution in [0.4, 0.5) is 0 Å². The van der Waals surface area contributed by atoms with Gasteiger partial charge in [0.1, 0.15) is 6.61 Å². The molecule has 0 aromatic heterocycles. The van der Waals surface area contributed by atoms with Gasteiger partial charge >= 0.3 is 11.9 Å². The third kappa shape index (κ3) is 50.4. The Kier molecular flexibility index (Phi) is 49.6. The Morgan fingerprint density at radius 1 is 0.359 bits per heavy atom. The molecule has 0 saturated heterocycles. The van der Waals surface area contributed by atoms with Crippen molar-refractivity contribution in [3.8, 4) is 0 Å². The zero-order valence-corrected chi connectivity index (χ0v) is 40.7. The summed E-state index contributed by atoms with van der Waals surface area (Å²) in [5, 5.41) is 9.63. The van der Waals surface area contributed by atoms with E-state index in [4.69, 9.17) is 9.47 Å². The van der Waals surface area contributed by atoms with Gasteiger partial charge in [0.25, 0.3) is 0 Å². The molecule has 0 spiro atoms. The van der Waals surface area contributed by atoms with Crippen molar-refractivity contribution in [1.82, 2.24) is 0 Å². The largest absolute Gasteiger partial charge is 0.462 e. The first kappa shape index (κ1) is 59.8. The highest BCUT2D eigenvalue weighted by Crippen LogP contribution is 2.12. The van der Waals surface area contributed by atoms with Gasteiger partial charge in [0, 0.05) is 12.8 Å². The highest BCUT2D eigenvalue weighted by atomic mass is 16.6. The van der Waals surface area contributed by atoms with E-state index in [0.29, 0.717) is 12.8 Å². The Hall–Kier alpha value is -4.22. The number of aliphatic hydroxyl groups excluding tert-OH is 1. The third-order valence-corrected chi connectivity index (χ3v) is 10.1. The predicted octanol–water partition coefficient (Wildman–Crippen LogP) is 17.1. The van der Waals surface area contributed by atoms with Crippen LogP contribution in [0.25, 0.3) is 0 Å². The summed E-state index contributed by atoms with van der Waals surface area (Å²) in [6.07, 6.45) is 80.7. The molecule has 0 aliphatic carbocycles. The molecular weight excluding hydrogens is 789 g/mol. The molecule has 0 aliphatic heterocycles. The molecule has 0 rings (SSSR count). The lowest BCUT2D eigenvalue weighted by Crippen LogP contribution is -2.28. The van der Waals surface area contributed by atoms with E-state index < -0.39 is 6.10 Å². The van der Waals surface area contributed by atoms with Crippen LogP contribution in [0.15, 0.2) is 146 Å². The highest BCUT2D eigenvalue weighted by molar-refractivity contribution is 5.70. The van der Waals surface area contributed by atoms with Crippen molar-refractivity contribution in [3.63, 3.8) is 0 Å². The summed E-state index contributed by atoms with van der Waals surface area (Å²) in [4.78, 5) is 24.5. The van der Waals surface area contributed by atoms with Gasteiger partial charge in [0.2, 0.25) is 0 Å². The SMILES string of the molecule is CC/C=C\C/C=C\C/C=C\C/C=C\C/C=C\C/C=C\CCCCCCCCC(=O)OCC(CO)OC(=O)CCCCCCCC/C=C\C/C=C\C/C=C\C/C=C\C/C=C\C/C=C\CC. The summed E-state index contributed by atoms with van der Waals surface area (Å²) in [7, 11) is 0. The number of carbonyl (C=O) groups is 2. The molecule has 0 bridgehead atoms. The maximum atomic E-state index is 12.3. The first-order valence-electron chi connectivity index (χ1n) is 25.4. The molecule has 0 aromatic rings. The summed E-state index contributed by atoms with van der Waals surface area (Å²) in [6, 6.07) is 0. The number of rotatable bonds is 44. The zero-order chi connectivity index (χ0) is 46.3. The fraction of sp³-hybridized carbons (Fsp3) is 0.559. The molecule has 0 fully saturated rings. The first-order chi connectivity index (χ1) is 31.6. The number of esters is 2. The summed E-state index contributed by atoms with van der Waals surface area (Å²) in [6.45, 7) is 3.87. The monoisotopic (exact) mass is 881 g/mol. The van der Waals surface area contributed by atoms with E-state index in [1.165, 1.54) is 32.1 Å². The smallest absolute Gasteiger partial charge is 0.306 e. The molecule has 5 heteroatoms. The highest BCUT2D eigenvalue weighted by Gasteiger charge is 2.16. The van der Waals surface area contributed by atoms with Crippen LogP contribution in [0, 0.1) is 0 Å². The second kappa shape index (κ2) is 53.1. The van der Waals surface area contributed by atoms with Gasteiger partial charge in [-0.05, 0) is 116 Å². The maximum absolute atomic E-state index is 12.3. The number of hydrogen-bond acceptors (Lipinski definition) is 5. The van der Waals surface area contributed by atoms with Crippen LogP contribution in [0.1, 0.15) is 194 Å². The number of unbranched alkanes of at least 4 members (excludes halogenated alkanes) is 12. The van der Waals surface area contributed by atoms with Crippen molar-refractivity contribution in [3.05, 3.63) is 146 Å². The van der Waals surface area contributed by atoms with Crippen molar-refractivity contribution < 1.29 is 24.2 Å². The van der Waals surface area contributed by atoms with E-state index in [-0.39, 0.29) is 25.2 Å². The Morgan fingerprint density at radius 2 is 0.625 bits per heavy atom. The Balaban J connectivity index is 3.66. The van der Waals surface area contributed by atoms with E-state index in [2.05, 4.69) is 160 Å². The molecule has 0 saturated carbocycles. The van der Waals surface area contributed by atoms with Crippen LogP contribution in [-0.4, -0.2) is 36.4 Å². The van der Waals surface area contributed by atoms with Gasteiger partial charge in [-0.15, -0.1) is 0 Å². The van der Waals surface area contributed by atoms with Gasteiger partial charge in [-0.1, -0.05) is 211 Å². The maximum Gasteiger partial charge on any atom is 0.306 e. The molecule has 0 aromatic carbocycles. The normalized spacial score (nSPS) is 13.5. The minimum atomic E-state index is -0.799. The summed E-state index contributed by atoms with van der Waals surface area (Å²) in [5.41, 5.74) is 0. The molecule has 0 radical (unpaired) electrons. The number of hydrogen-bond donors (Lipinski definition) is 1. The Morgan fingerprint density at radius 3 is 0.938 bits per heavy atom. The van der Waals surface area contributed by atoms with E-state index in [1.807, 2.05) is 0 Å². The van der Waals surface area contributed by atoms with Gasteiger partial charge in [-0.2, -0.15) is 0 Å². The van der Waals surface area contributed by atoms with Crippen LogP contribution in [-0.2, 0) is 19.1 Å².